The van der Waals surface area contributed by atoms with Crippen molar-refractivity contribution in [2.24, 2.45) is 5.41 Å². The van der Waals surface area contributed by atoms with Gasteiger partial charge in [0.2, 0.25) is 0 Å². The summed E-state index contributed by atoms with van der Waals surface area (Å²) in [4.78, 5) is 0. The normalized spacial score (nSPS) is 20.3. The number of ether oxygens (including phenoxy) is 2. The minimum atomic E-state index is -0.207. The average molecular weight is 188 g/mol. The first kappa shape index (κ1) is 11.0. The van der Waals surface area contributed by atoms with E-state index in [0.717, 1.165) is 12.8 Å². The highest BCUT2D eigenvalue weighted by atomic mass is 16.7. The van der Waals surface area contributed by atoms with E-state index in [4.69, 9.17) is 9.47 Å². The average Bonchev–Trinajstić information content (AvgIpc) is 2.04. The van der Waals surface area contributed by atoms with E-state index in [2.05, 4.69) is 0 Å². The third-order valence-corrected chi connectivity index (χ3v) is 2.80. The third-order valence-electron chi connectivity index (χ3n) is 2.80. The number of aliphatic hydroxyl groups is 1. The molecule has 1 fully saturated rings. The lowest BCUT2D eigenvalue weighted by Gasteiger charge is -2.45. The predicted molar refractivity (Wildman–Crippen MR) is 50.4 cm³/mol. The van der Waals surface area contributed by atoms with E-state index in [0.29, 0.717) is 13.2 Å². The van der Waals surface area contributed by atoms with Gasteiger partial charge < -0.3 is 14.6 Å². The Morgan fingerprint density at radius 1 is 1.23 bits per heavy atom. The standard InChI is InChI=1S/C10H20O3/c1-3-12-9(13-4-2)10(8-11)6-5-7-10/h9,11H,3-8H2,1-2H3. The molecule has 0 heterocycles. The van der Waals surface area contributed by atoms with Gasteiger partial charge in [-0.05, 0) is 26.7 Å². The van der Waals surface area contributed by atoms with Gasteiger partial charge in [0, 0.05) is 18.6 Å². The van der Waals surface area contributed by atoms with Crippen LogP contribution in [0.4, 0.5) is 0 Å². The minimum Gasteiger partial charge on any atom is -0.396 e. The maximum absolute atomic E-state index is 9.30. The highest BCUT2D eigenvalue weighted by Crippen LogP contribution is 2.45. The number of hydrogen-bond acceptors (Lipinski definition) is 3. The van der Waals surface area contributed by atoms with E-state index in [-0.39, 0.29) is 18.3 Å². The molecule has 0 bridgehead atoms. The topological polar surface area (TPSA) is 38.7 Å². The molecule has 0 atom stereocenters. The van der Waals surface area contributed by atoms with E-state index in [1.54, 1.807) is 0 Å². The molecule has 3 heteroatoms. The first-order chi connectivity index (χ1) is 6.29. The van der Waals surface area contributed by atoms with E-state index in [1.807, 2.05) is 13.8 Å². The van der Waals surface area contributed by atoms with Crippen LogP contribution in [0.25, 0.3) is 0 Å². The number of aliphatic hydroxyl groups excluding tert-OH is 1. The van der Waals surface area contributed by atoms with Gasteiger partial charge in [0.25, 0.3) is 0 Å². The van der Waals surface area contributed by atoms with Crippen molar-refractivity contribution in [3.8, 4) is 0 Å². The van der Waals surface area contributed by atoms with E-state index >= 15 is 0 Å². The second-order valence-electron chi connectivity index (χ2n) is 3.62. The van der Waals surface area contributed by atoms with Gasteiger partial charge in [-0.3, -0.25) is 0 Å². The van der Waals surface area contributed by atoms with Crippen LogP contribution in [-0.2, 0) is 9.47 Å². The molecule has 0 unspecified atom stereocenters. The summed E-state index contributed by atoms with van der Waals surface area (Å²) in [5, 5.41) is 9.30. The summed E-state index contributed by atoms with van der Waals surface area (Å²) in [5.41, 5.74) is -0.105. The van der Waals surface area contributed by atoms with Crippen LogP contribution in [0, 0.1) is 5.41 Å². The molecule has 1 rings (SSSR count). The zero-order valence-corrected chi connectivity index (χ0v) is 8.58. The first-order valence-corrected chi connectivity index (χ1v) is 5.13. The number of hydrogen-bond donors (Lipinski definition) is 1. The van der Waals surface area contributed by atoms with Crippen molar-refractivity contribution >= 4 is 0 Å². The molecule has 78 valence electrons. The molecule has 0 amide bonds. The van der Waals surface area contributed by atoms with Gasteiger partial charge in [-0.25, -0.2) is 0 Å². The minimum absolute atomic E-state index is 0.105. The van der Waals surface area contributed by atoms with Gasteiger partial charge in [0.05, 0.1) is 6.61 Å². The summed E-state index contributed by atoms with van der Waals surface area (Å²) in [6.07, 6.45) is 3.01. The Labute approximate surface area is 80.0 Å². The lowest BCUT2D eigenvalue weighted by molar-refractivity contribution is -0.236. The van der Waals surface area contributed by atoms with Crippen LogP contribution in [0.1, 0.15) is 33.1 Å². The van der Waals surface area contributed by atoms with Gasteiger partial charge in [-0.2, -0.15) is 0 Å². The van der Waals surface area contributed by atoms with E-state index in [9.17, 15) is 5.11 Å². The van der Waals surface area contributed by atoms with E-state index in [1.165, 1.54) is 6.42 Å². The summed E-state index contributed by atoms with van der Waals surface area (Å²) in [6, 6.07) is 0. The summed E-state index contributed by atoms with van der Waals surface area (Å²) < 4.78 is 11.0. The molecular weight excluding hydrogens is 168 g/mol. The number of rotatable bonds is 6. The Bertz CT molecular complexity index is 132. The molecule has 0 radical (unpaired) electrons. The second kappa shape index (κ2) is 4.94. The molecule has 3 nitrogen and oxygen atoms in total. The second-order valence-corrected chi connectivity index (χ2v) is 3.62. The smallest absolute Gasteiger partial charge is 0.165 e. The van der Waals surface area contributed by atoms with Crippen molar-refractivity contribution in [3.05, 3.63) is 0 Å². The SMILES string of the molecule is CCOC(OCC)C1(CO)CCC1. The summed E-state index contributed by atoms with van der Waals surface area (Å²) in [6.45, 7) is 5.38. The molecular formula is C10H20O3. The van der Waals surface area contributed by atoms with Crippen LogP contribution in [0.15, 0.2) is 0 Å². The Kier molecular flexibility index (Phi) is 4.16. The first-order valence-electron chi connectivity index (χ1n) is 5.13. The molecule has 1 aliphatic carbocycles. The van der Waals surface area contributed by atoms with Crippen LogP contribution < -0.4 is 0 Å². The summed E-state index contributed by atoms with van der Waals surface area (Å²) in [5.74, 6) is 0. The quantitative estimate of drug-likeness (QED) is 0.643. The van der Waals surface area contributed by atoms with Crippen molar-refractivity contribution in [1.29, 1.82) is 0 Å². The van der Waals surface area contributed by atoms with Crippen LogP contribution in [-0.4, -0.2) is 31.2 Å². The van der Waals surface area contributed by atoms with Crippen molar-refractivity contribution in [3.63, 3.8) is 0 Å². The lowest BCUT2D eigenvalue weighted by atomic mass is 9.68. The molecule has 0 aliphatic heterocycles. The van der Waals surface area contributed by atoms with Crippen molar-refractivity contribution < 1.29 is 14.6 Å². The highest BCUT2D eigenvalue weighted by molar-refractivity contribution is 4.90. The fraction of sp³-hybridized carbons (Fsp3) is 1.00. The van der Waals surface area contributed by atoms with Crippen LogP contribution in [0.2, 0.25) is 0 Å². The molecule has 0 spiro atoms. The largest absolute Gasteiger partial charge is 0.396 e. The highest BCUT2D eigenvalue weighted by Gasteiger charge is 2.45. The van der Waals surface area contributed by atoms with Crippen LogP contribution in [0.3, 0.4) is 0 Å². The Hall–Kier alpha value is -0.120. The Morgan fingerprint density at radius 3 is 2.00 bits per heavy atom. The monoisotopic (exact) mass is 188 g/mol. The lowest BCUT2D eigenvalue weighted by Crippen LogP contribution is -2.47. The van der Waals surface area contributed by atoms with Gasteiger partial charge in [0.1, 0.15) is 0 Å². The van der Waals surface area contributed by atoms with Crippen molar-refractivity contribution in [1.82, 2.24) is 0 Å². The van der Waals surface area contributed by atoms with Gasteiger partial charge >= 0.3 is 0 Å². The Morgan fingerprint density at radius 2 is 1.77 bits per heavy atom. The van der Waals surface area contributed by atoms with Crippen LogP contribution >= 0.6 is 0 Å². The third kappa shape index (κ3) is 2.22. The molecule has 0 aromatic carbocycles. The maximum atomic E-state index is 9.30. The van der Waals surface area contributed by atoms with Crippen LogP contribution in [0.5, 0.6) is 0 Å². The zero-order chi connectivity index (χ0) is 9.73. The fourth-order valence-corrected chi connectivity index (χ4v) is 1.80. The van der Waals surface area contributed by atoms with Gasteiger partial charge in [0.15, 0.2) is 6.29 Å². The van der Waals surface area contributed by atoms with Crippen molar-refractivity contribution in [2.75, 3.05) is 19.8 Å². The molecule has 0 aromatic rings. The fourth-order valence-electron chi connectivity index (χ4n) is 1.80. The molecule has 1 saturated carbocycles. The molecule has 0 saturated heterocycles. The maximum Gasteiger partial charge on any atom is 0.165 e. The Balaban J connectivity index is 2.49. The zero-order valence-electron chi connectivity index (χ0n) is 8.58. The molecule has 0 aromatic heterocycles. The molecule has 1 aliphatic rings. The van der Waals surface area contributed by atoms with Gasteiger partial charge in [-0.1, -0.05) is 6.42 Å². The predicted octanol–water partition coefficient (Wildman–Crippen LogP) is 1.55. The van der Waals surface area contributed by atoms with Gasteiger partial charge in [-0.15, -0.1) is 0 Å². The summed E-state index contributed by atoms with van der Waals surface area (Å²) >= 11 is 0. The molecule has 13 heavy (non-hydrogen) atoms. The molecule has 1 N–H and O–H groups in total. The van der Waals surface area contributed by atoms with E-state index < -0.39 is 0 Å². The summed E-state index contributed by atoms with van der Waals surface area (Å²) in [7, 11) is 0. The van der Waals surface area contributed by atoms with Crippen molar-refractivity contribution in [2.45, 2.75) is 39.4 Å².